The number of hydrogen-bond donors (Lipinski definition) is 3. The summed E-state index contributed by atoms with van der Waals surface area (Å²) in [7, 11) is 2.87. The summed E-state index contributed by atoms with van der Waals surface area (Å²) in [5, 5.41) is 3.82. The number of nitrogens with one attached hydrogen (secondary N) is 2. The van der Waals surface area contributed by atoms with Crippen LogP contribution in [0.1, 0.15) is 11.3 Å². The molecule has 0 bridgehead atoms. The molecule has 174 valence electrons. The molecule has 0 spiro atoms. The lowest BCUT2D eigenvalue weighted by Crippen LogP contribution is -2.31. The minimum Gasteiger partial charge on any atom is -0.494 e. The first-order valence-electron chi connectivity index (χ1n) is 9.90. The molecule has 12 heteroatoms. The summed E-state index contributed by atoms with van der Waals surface area (Å²) < 4.78 is 45.3. The van der Waals surface area contributed by atoms with Crippen LogP contribution in [0.15, 0.2) is 41.5 Å². The highest BCUT2D eigenvalue weighted by Gasteiger charge is 2.36. The fraction of sp³-hybridized carbons (Fsp3) is 0.286. The number of methoxy groups -OCH3 is 1. The average molecular weight is 479 g/mol. The Bertz CT molecular complexity index is 1340. The van der Waals surface area contributed by atoms with Gasteiger partial charge in [0, 0.05) is 32.0 Å². The molecule has 0 fully saturated rings. The highest BCUT2D eigenvalue weighted by molar-refractivity contribution is 7.18. The SMILES string of the molecule is COc1cc(C[C@H](N)CNc2ncc(-c3ccc4[nH]c(=O)n(C)c4c3)s2)cnc1C(F)(F)F. The van der Waals surface area contributed by atoms with E-state index in [1.165, 1.54) is 24.5 Å². The van der Waals surface area contributed by atoms with Crippen LogP contribution in [0.3, 0.4) is 0 Å². The number of H-pyrrole nitrogens is 1. The molecule has 0 aliphatic rings. The Morgan fingerprint density at radius 1 is 1.27 bits per heavy atom. The molecule has 1 atom stereocenters. The van der Waals surface area contributed by atoms with E-state index in [1.54, 1.807) is 17.8 Å². The van der Waals surface area contributed by atoms with Crippen molar-refractivity contribution in [1.29, 1.82) is 0 Å². The number of fused-ring (bicyclic) bond motifs is 1. The van der Waals surface area contributed by atoms with E-state index in [4.69, 9.17) is 10.5 Å². The number of anilines is 1. The maximum Gasteiger partial charge on any atom is 0.437 e. The number of aromatic nitrogens is 4. The fourth-order valence-electron chi connectivity index (χ4n) is 3.42. The molecule has 1 aromatic carbocycles. The molecule has 3 heterocycles. The van der Waals surface area contributed by atoms with E-state index in [-0.39, 0.29) is 17.5 Å². The van der Waals surface area contributed by atoms with E-state index in [1.807, 2.05) is 18.2 Å². The normalized spacial score (nSPS) is 12.8. The van der Waals surface area contributed by atoms with Gasteiger partial charge >= 0.3 is 11.9 Å². The quantitative estimate of drug-likeness (QED) is 0.376. The summed E-state index contributed by atoms with van der Waals surface area (Å²) >= 11 is 1.43. The van der Waals surface area contributed by atoms with Gasteiger partial charge in [0.2, 0.25) is 0 Å². The van der Waals surface area contributed by atoms with Crippen LogP contribution in [0.5, 0.6) is 5.75 Å². The Morgan fingerprint density at radius 2 is 2.06 bits per heavy atom. The second-order valence-corrected chi connectivity index (χ2v) is 8.52. The van der Waals surface area contributed by atoms with Crippen molar-refractivity contribution >= 4 is 27.5 Å². The molecule has 8 nitrogen and oxygen atoms in total. The Hall–Kier alpha value is -3.38. The molecule has 0 aliphatic carbocycles. The largest absolute Gasteiger partial charge is 0.494 e. The van der Waals surface area contributed by atoms with Crippen LogP contribution in [-0.2, 0) is 19.6 Å². The minimum atomic E-state index is -4.59. The third-order valence-corrected chi connectivity index (χ3v) is 6.11. The number of hydrogen-bond acceptors (Lipinski definition) is 7. The predicted molar refractivity (Wildman–Crippen MR) is 121 cm³/mol. The van der Waals surface area contributed by atoms with Gasteiger partial charge in [-0.25, -0.2) is 14.8 Å². The molecule has 0 amide bonds. The first-order chi connectivity index (χ1) is 15.7. The average Bonchev–Trinajstić information content (AvgIpc) is 3.36. The number of benzene rings is 1. The summed E-state index contributed by atoms with van der Waals surface area (Å²) in [5.74, 6) is -0.332. The molecular weight excluding hydrogens is 457 g/mol. The summed E-state index contributed by atoms with van der Waals surface area (Å²) in [4.78, 5) is 23.3. The molecule has 0 saturated heterocycles. The molecule has 0 unspecified atom stereocenters. The van der Waals surface area contributed by atoms with Gasteiger partial charge in [0.05, 0.1) is 23.0 Å². The Morgan fingerprint density at radius 3 is 2.79 bits per heavy atom. The van der Waals surface area contributed by atoms with Crippen molar-refractivity contribution in [3.8, 4) is 16.2 Å². The van der Waals surface area contributed by atoms with Crippen LogP contribution in [-0.4, -0.2) is 39.2 Å². The summed E-state index contributed by atoms with van der Waals surface area (Å²) in [5.41, 5.74) is 7.94. The molecule has 0 saturated carbocycles. The number of thiazole rings is 1. The first-order valence-corrected chi connectivity index (χ1v) is 10.7. The molecule has 4 aromatic rings. The van der Waals surface area contributed by atoms with Crippen LogP contribution in [0, 0.1) is 0 Å². The van der Waals surface area contributed by atoms with Gasteiger partial charge in [0.1, 0.15) is 5.75 Å². The number of nitrogens with zero attached hydrogens (tertiary/aromatic N) is 3. The van der Waals surface area contributed by atoms with Gasteiger partial charge in [-0.1, -0.05) is 17.4 Å². The number of aryl methyl sites for hydroxylation is 1. The third kappa shape index (κ3) is 4.86. The zero-order chi connectivity index (χ0) is 23.8. The third-order valence-electron chi connectivity index (χ3n) is 5.11. The molecule has 0 radical (unpaired) electrons. The summed E-state index contributed by atoms with van der Waals surface area (Å²) in [6, 6.07) is 6.60. The van der Waals surface area contributed by atoms with Crippen molar-refractivity contribution in [2.75, 3.05) is 19.0 Å². The van der Waals surface area contributed by atoms with E-state index in [9.17, 15) is 18.0 Å². The zero-order valence-electron chi connectivity index (χ0n) is 17.7. The molecule has 33 heavy (non-hydrogen) atoms. The van der Waals surface area contributed by atoms with Crippen LogP contribution in [0.25, 0.3) is 21.5 Å². The highest BCUT2D eigenvalue weighted by atomic mass is 32.1. The lowest BCUT2D eigenvalue weighted by molar-refractivity contribution is -0.142. The summed E-state index contributed by atoms with van der Waals surface area (Å²) in [6.07, 6.45) is -1.38. The molecule has 4 rings (SSSR count). The van der Waals surface area contributed by atoms with Crippen molar-refractivity contribution in [3.05, 3.63) is 58.4 Å². The van der Waals surface area contributed by atoms with E-state index < -0.39 is 11.9 Å². The van der Waals surface area contributed by atoms with Gasteiger partial charge in [0.15, 0.2) is 10.8 Å². The maximum atomic E-state index is 13.0. The number of nitrogens with two attached hydrogens (primary N) is 1. The van der Waals surface area contributed by atoms with Crippen LogP contribution in [0.4, 0.5) is 18.3 Å². The number of rotatable bonds is 7. The number of imidazole rings is 1. The van der Waals surface area contributed by atoms with E-state index in [0.717, 1.165) is 27.7 Å². The zero-order valence-corrected chi connectivity index (χ0v) is 18.5. The minimum absolute atomic E-state index is 0.177. The van der Waals surface area contributed by atoms with E-state index in [0.29, 0.717) is 23.7 Å². The van der Waals surface area contributed by atoms with Crippen molar-refractivity contribution in [3.63, 3.8) is 0 Å². The van der Waals surface area contributed by atoms with Crippen LogP contribution in [0.2, 0.25) is 0 Å². The smallest absolute Gasteiger partial charge is 0.437 e. The fourth-order valence-corrected chi connectivity index (χ4v) is 4.24. The van der Waals surface area contributed by atoms with Crippen LogP contribution < -0.4 is 21.5 Å². The predicted octanol–water partition coefficient (Wildman–Crippen LogP) is 3.39. The monoisotopic (exact) mass is 478 g/mol. The van der Waals surface area contributed by atoms with Crippen molar-refractivity contribution in [2.24, 2.45) is 12.8 Å². The second kappa shape index (κ2) is 8.87. The lowest BCUT2D eigenvalue weighted by Gasteiger charge is -2.15. The first kappa shape index (κ1) is 22.8. The van der Waals surface area contributed by atoms with Gasteiger partial charge in [-0.3, -0.25) is 4.57 Å². The molecule has 0 aliphatic heterocycles. The number of ether oxygens (including phenoxy) is 1. The molecule has 3 aromatic heterocycles. The van der Waals surface area contributed by atoms with Gasteiger partial charge in [0.25, 0.3) is 0 Å². The van der Waals surface area contributed by atoms with Crippen molar-refractivity contribution < 1.29 is 17.9 Å². The number of pyridine rings is 1. The van der Waals surface area contributed by atoms with Gasteiger partial charge in [-0.2, -0.15) is 13.2 Å². The molecule has 4 N–H and O–H groups in total. The van der Waals surface area contributed by atoms with E-state index >= 15 is 0 Å². The van der Waals surface area contributed by atoms with Gasteiger partial charge < -0.3 is 20.8 Å². The van der Waals surface area contributed by atoms with Gasteiger partial charge in [-0.15, -0.1) is 0 Å². The summed E-state index contributed by atoms with van der Waals surface area (Å²) in [6.45, 7) is 0.363. The van der Waals surface area contributed by atoms with E-state index in [2.05, 4.69) is 20.3 Å². The highest BCUT2D eigenvalue weighted by Crippen LogP contribution is 2.35. The van der Waals surface area contributed by atoms with Crippen molar-refractivity contribution in [2.45, 2.75) is 18.6 Å². The number of halogens is 3. The van der Waals surface area contributed by atoms with Crippen molar-refractivity contribution in [1.82, 2.24) is 19.5 Å². The number of aromatic amines is 1. The lowest BCUT2D eigenvalue weighted by atomic mass is 10.1. The van der Waals surface area contributed by atoms with Crippen LogP contribution >= 0.6 is 11.3 Å². The standard InChI is InChI=1S/C21H21F3N6O2S/c1-30-15-7-12(3-4-14(15)29-20(30)31)17-10-28-19(33-17)27-9-13(25)5-11-6-16(32-2)18(26-8-11)21(22,23)24/h3-4,6-8,10,13H,5,9,25H2,1-2H3,(H,27,28)(H,29,31)/t13-/m0/s1. The number of alkyl halides is 3. The Kier molecular flexibility index (Phi) is 6.13. The maximum absolute atomic E-state index is 13.0. The molecular formula is C21H21F3N6O2S. The van der Waals surface area contributed by atoms with Gasteiger partial charge in [-0.05, 0) is 35.7 Å². The second-order valence-electron chi connectivity index (χ2n) is 7.49. The topological polar surface area (TPSA) is 111 Å². The Balaban J connectivity index is 1.40. The Labute approximate surface area is 190 Å².